The smallest absolute Gasteiger partial charge is 0.0408 e. The lowest BCUT2D eigenvalue weighted by atomic mass is 9.86. The summed E-state index contributed by atoms with van der Waals surface area (Å²) in [5.74, 6) is 0.422. The molecule has 20 heavy (non-hydrogen) atoms. The lowest BCUT2D eigenvalue weighted by molar-refractivity contribution is 0.704. The third-order valence-corrected chi connectivity index (χ3v) is 4.61. The van der Waals surface area contributed by atoms with Gasteiger partial charge in [0, 0.05) is 16.3 Å². The Kier molecular flexibility index (Phi) is 5.68. The zero-order valence-corrected chi connectivity index (χ0v) is 14.3. The van der Waals surface area contributed by atoms with Gasteiger partial charge in [-0.2, -0.15) is 0 Å². The van der Waals surface area contributed by atoms with Crippen LogP contribution in [0.5, 0.6) is 0 Å². The van der Waals surface area contributed by atoms with Crippen LogP contribution in [0.1, 0.15) is 41.0 Å². The topological polar surface area (TPSA) is 0 Å². The van der Waals surface area contributed by atoms with Crippen molar-refractivity contribution in [1.29, 1.82) is 0 Å². The Morgan fingerprint density at radius 1 is 1.00 bits per heavy atom. The van der Waals surface area contributed by atoms with Crippen molar-refractivity contribution in [3.63, 3.8) is 0 Å². The van der Waals surface area contributed by atoms with Crippen LogP contribution in [0.2, 0.25) is 5.02 Å². The highest BCUT2D eigenvalue weighted by molar-refractivity contribution is 9.09. The molecule has 0 radical (unpaired) electrons. The summed E-state index contributed by atoms with van der Waals surface area (Å²) in [6, 6.07) is 15.0. The highest BCUT2D eigenvalue weighted by atomic mass is 79.9. The second kappa shape index (κ2) is 7.28. The molecule has 0 spiro atoms. The molecule has 0 heterocycles. The van der Waals surface area contributed by atoms with E-state index in [0.717, 1.165) is 23.2 Å². The fraction of sp³-hybridized carbons (Fsp3) is 0.333. The number of hydrogen-bond donors (Lipinski definition) is 0. The maximum absolute atomic E-state index is 6.16. The molecule has 0 saturated carbocycles. The molecule has 0 aromatic heterocycles. The first-order valence-electron chi connectivity index (χ1n) is 7.00. The van der Waals surface area contributed by atoms with Crippen LogP contribution in [0.3, 0.4) is 0 Å². The molecule has 0 aliphatic rings. The molecule has 0 aliphatic heterocycles. The van der Waals surface area contributed by atoms with E-state index in [2.05, 4.69) is 60.1 Å². The molecule has 0 unspecified atom stereocenters. The van der Waals surface area contributed by atoms with E-state index in [9.17, 15) is 0 Å². The summed E-state index contributed by atoms with van der Waals surface area (Å²) in [5.41, 5.74) is 5.39. The second-order valence-electron chi connectivity index (χ2n) is 5.28. The van der Waals surface area contributed by atoms with Crippen molar-refractivity contribution < 1.29 is 0 Å². The largest absolute Gasteiger partial charge is 0.0928 e. The summed E-state index contributed by atoms with van der Waals surface area (Å²) in [6.45, 7) is 4.34. The monoisotopic (exact) mass is 350 g/mol. The Labute approximate surface area is 135 Å². The molecule has 2 aromatic carbocycles. The standard InChI is InChI=1S/C18H20BrCl/c1-13-8-9-16(11-14(13)2)18(7-4-10-19)15-5-3-6-17(20)12-15/h3,5-6,8-9,11-12,18H,4,7,10H2,1-2H3/t18-/m0/s1. The van der Waals surface area contributed by atoms with E-state index in [4.69, 9.17) is 11.6 Å². The Morgan fingerprint density at radius 2 is 1.75 bits per heavy atom. The normalized spacial score (nSPS) is 12.4. The van der Waals surface area contributed by atoms with Crippen molar-refractivity contribution in [2.75, 3.05) is 5.33 Å². The molecule has 2 rings (SSSR count). The number of rotatable bonds is 5. The predicted octanol–water partition coefficient (Wildman–Crippen LogP) is 6.26. The highest BCUT2D eigenvalue weighted by Crippen LogP contribution is 2.32. The van der Waals surface area contributed by atoms with Crippen LogP contribution in [0.4, 0.5) is 0 Å². The highest BCUT2D eigenvalue weighted by Gasteiger charge is 2.14. The lowest BCUT2D eigenvalue weighted by Gasteiger charge is -2.19. The van der Waals surface area contributed by atoms with Crippen LogP contribution in [-0.4, -0.2) is 5.33 Å². The van der Waals surface area contributed by atoms with E-state index in [1.807, 2.05) is 12.1 Å². The zero-order chi connectivity index (χ0) is 14.5. The number of halogens is 2. The van der Waals surface area contributed by atoms with Gasteiger partial charge in [0.2, 0.25) is 0 Å². The van der Waals surface area contributed by atoms with Gasteiger partial charge in [0.1, 0.15) is 0 Å². The van der Waals surface area contributed by atoms with Crippen LogP contribution in [-0.2, 0) is 0 Å². The molecule has 1 atom stereocenters. The van der Waals surface area contributed by atoms with Crippen LogP contribution >= 0.6 is 27.5 Å². The minimum absolute atomic E-state index is 0.422. The number of aryl methyl sites for hydroxylation is 2. The van der Waals surface area contributed by atoms with Crippen molar-refractivity contribution >= 4 is 27.5 Å². The summed E-state index contributed by atoms with van der Waals surface area (Å²) in [4.78, 5) is 0. The van der Waals surface area contributed by atoms with Crippen LogP contribution < -0.4 is 0 Å². The Bertz CT molecular complexity index is 577. The fourth-order valence-electron chi connectivity index (χ4n) is 2.51. The zero-order valence-electron chi connectivity index (χ0n) is 12.0. The SMILES string of the molecule is Cc1ccc([C@@H](CCCBr)c2cccc(Cl)c2)cc1C. The van der Waals surface area contributed by atoms with Gasteiger partial charge in [-0.25, -0.2) is 0 Å². The molecule has 0 nitrogen and oxygen atoms in total. The van der Waals surface area contributed by atoms with Crippen molar-refractivity contribution in [1.82, 2.24) is 0 Å². The van der Waals surface area contributed by atoms with Crippen LogP contribution in [0, 0.1) is 13.8 Å². The fourth-order valence-corrected chi connectivity index (χ4v) is 3.03. The minimum Gasteiger partial charge on any atom is -0.0928 e. The predicted molar refractivity (Wildman–Crippen MR) is 92.2 cm³/mol. The van der Waals surface area contributed by atoms with Crippen molar-refractivity contribution in [3.05, 3.63) is 69.7 Å². The molecular formula is C18H20BrCl. The molecule has 0 fully saturated rings. The van der Waals surface area contributed by atoms with Gasteiger partial charge in [-0.15, -0.1) is 0 Å². The van der Waals surface area contributed by atoms with E-state index < -0.39 is 0 Å². The molecular weight excluding hydrogens is 332 g/mol. The summed E-state index contributed by atoms with van der Waals surface area (Å²) < 4.78 is 0. The van der Waals surface area contributed by atoms with Crippen LogP contribution in [0.15, 0.2) is 42.5 Å². The number of benzene rings is 2. The molecule has 0 N–H and O–H groups in total. The Balaban J connectivity index is 2.38. The molecule has 2 aromatic rings. The van der Waals surface area contributed by atoms with Gasteiger partial charge in [-0.05, 0) is 61.1 Å². The summed E-state index contributed by atoms with van der Waals surface area (Å²) in [7, 11) is 0. The molecule has 0 bridgehead atoms. The van der Waals surface area contributed by atoms with Gasteiger partial charge in [-0.3, -0.25) is 0 Å². The third-order valence-electron chi connectivity index (χ3n) is 3.81. The first-order chi connectivity index (χ1) is 9.61. The first kappa shape index (κ1) is 15.6. The first-order valence-corrected chi connectivity index (χ1v) is 8.50. The summed E-state index contributed by atoms with van der Waals surface area (Å²) >= 11 is 9.70. The van der Waals surface area contributed by atoms with E-state index in [1.54, 1.807) is 0 Å². The van der Waals surface area contributed by atoms with Crippen molar-refractivity contribution in [3.8, 4) is 0 Å². The second-order valence-corrected chi connectivity index (χ2v) is 6.51. The molecule has 0 aliphatic carbocycles. The molecule has 0 saturated heterocycles. The lowest BCUT2D eigenvalue weighted by Crippen LogP contribution is -2.03. The Morgan fingerprint density at radius 3 is 2.40 bits per heavy atom. The number of alkyl halides is 1. The molecule has 2 heteroatoms. The van der Waals surface area contributed by atoms with E-state index >= 15 is 0 Å². The maximum Gasteiger partial charge on any atom is 0.0408 e. The van der Waals surface area contributed by atoms with Gasteiger partial charge in [0.25, 0.3) is 0 Å². The van der Waals surface area contributed by atoms with Gasteiger partial charge in [0.15, 0.2) is 0 Å². The molecule has 0 amide bonds. The molecule has 106 valence electrons. The minimum atomic E-state index is 0.422. The third kappa shape index (κ3) is 3.86. The summed E-state index contributed by atoms with van der Waals surface area (Å²) in [5, 5.41) is 1.85. The Hall–Kier alpha value is -0.790. The summed E-state index contributed by atoms with van der Waals surface area (Å²) in [6.07, 6.45) is 2.29. The average Bonchev–Trinajstić information content (AvgIpc) is 2.43. The van der Waals surface area contributed by atoms with Crippen molar-refractivity contribution in [2.45, 2.75) is 32.6 Å². The van der Waals surface area contributed by atoms with Gasteiger partial charge >= 0.3 is 0 Å². The van der Waals surface area contributed by atoms with Gasteiger partial charge in [0.05, 0.1) is 0 Å². The average molecular weight is 352 g/mol. The van der Waals surface area contributed by atoms with E-state index in [0.29, 0.717) is 5.92 Å². The quantitative estimate of drug-likeness (QED) is 0.557. The van der Waals surface area contributed by atoms with Gasteiger partial charge < -0.3 is 0 Å². The maximum atomic E-state index is 6.16. The number of hydrogen-bond acceptors (Lipinski definition) is 0. The van der Waals surface area contributed by atoms with Crippen molar-refractivity contribution in [2.24, 2.45) is 0 Å². The van der Waals surface area contributed by atoms with E-state index in [-0.39, 0.29) is 0 Å². The van der Waals surface area contributed by atoms with E-state index in [1.165, 1.54) is 22.3 Å². The van der Waals surface area contributed by atoms with Crippen LogP contribution in [0.25, 0.3) is 0 Å². The van der Waals surface area contributed by atoms with Gasteiger partial charge in [-0.1, -0.05) is 57.9 Å².